The van der Waals surface area contributed by atoms with Crippen LogP contribution in [0.5, 0.6) is 0 Å². The average Bonchev–Trinajstić information content (AvgIpc) is 3.00. The molecule has 2 aromatic rings. The van der Waals surface area contributed by atoms with E-state index in [4.69, 9.17) is 11.6 Å². The number of rotatable bonds is 5. The third-order valence-electron chi connectivity index (χ3n) is 3.37. The van der Waals surface area contributed by atoms with Gasteiger partial charge in [-0.15, -0.1) is 11.3 Å². The van der Waals surface area contributed by atoms with Crippen LogP contribution in [-0.2, 0) is 5.41 Å². The van der Waals surface area contributed by atoms with Gasteiger partial charge in [-0.3, -0.25) is 4.79 Å². The van der Waals surface area contributed by atoms with E-state index >= 15 is 0 Å². The predicted octanol–water partition coefficient (Wildman–Crippen LogP) is 4.15. The molecule has 21 heavy (non-hydrogen) atoms. The Labute approximate surface area is 134 Å². The van der Waals surface area contributed by atoms with Crippen molar-refractivity contribution >= 4 is 34.5 Å². The molecule has 0 aliphatic heterocycles. The molecule has 1 aromatic carbocycles. The highest BCUT2D eigenvalue weighted by molar-refractivity contribution is 7.10. The number of hydrogen-bond donors (Lipinski definition) is 2. The number of carbonyl (C=O) groups is 1. The first-order valence-electron chi connectivity index (χ1n) is 6.73. The van der Waals surface area contributed by atoms with Gasteiger partial charge in [0.1, 0.15) is 0 Å². The molecule has 0 bridgehead atoms. The van der Waals surface area contributed by atoms with Crippen molar-refractivity contribution in [3.8, 4) is 0 Å². The number of carbonyl (C=O) groups excluding carboxylic acids is 1. The molecule has 0 spiro atoms. The SMILES string of the molecule is CNc1ccc(Cl)cc1C(=O)NCC(C)(C)c1cccs1. The second-order valence-electron chi connectivity index (χ2n) is 5.48. The summed E-state index contributed by atoms with van der Waals surface area (Å²) in [4.78, 5) is 13.6. The lowest BCUT2D eigenvalue weighted by atomic mass is 9.91. The highest BCUT2D eigenvalue weighted by Crippen LogP contribution is 2.27. The summed E-state index contributed by atoms with van der Waals surface area (Å²) in [5, 5.41) is 8.61. The molecule has 112 valence electrons. The van der Waals surface area contributed by atoms with Crippen molar-refractivity contribution in [3.63, 3.8) is 0 Å². The third kappa shape index (κ3) is 3.77. The molecular weight excluding hydrogens is 304 g/mol. The van der Waals surface area contributed by atoms with Gasteiger partial charge in [0, 0.05) is 34.6 Å². The number of amides is 1. The van der Waals surface area contributed by atoms with Crippen molar-refractivity contribution in [2.45, 2.75) is 19.3 Å². The van der Waals surface area contributed by atoms with Gasteiger partial charge in [-0.2, -0.15) is 0 Å². The summed E-state index contributed by atoms with van der Waals surface area (Å²) in [5.74, 6) is -0.119. The zero-order valence-corrected chi connectivity index (χ0v) is 13.9. The molecule has 1 aromatic heterocycles. The summed E-state index contributed by atoms with van der Waals surface area (Å²) < 4.78 is 0. The number of benzene rings is 1. The minimum absolute atomic E-state index is 0.0950. The van der Waals surface area contributed by atoms with Crippen LogP contribution in [0.3, 0.4) is 0 Å². The van der Waals surface area contributed by atoms with Crippen molar-refractivity contribution < 1.29 is 4.79 Å². The van der Waals surface area contributed by atoms with E-state index in [9.17, 15) is 4.79 Å². The van der Waals surface area contributed by atoms with Crippen LogP contribution in [0.15, 0.2) is 35.7 Å². The molecule has 0 aliphatic rings. The second-order valence-corrected chi connectivity index (χ2v) is 6.87. The Balaban J connectivity index is 2.10. The Morgan fingerprint density at radius 2 is 2.10 bits per heavy atom. The predicted molar refractivity (Wildman–Crippen MR) is 90.7 cm³/mol. The lowest BCUT2D eigenvalue weighted by molar-refractivity contribution is 0.0946. The van der Waals surface area contributed by atoms with Crippen LogP contribution in [0.2, 0.25) is 5.02 Å². The molecule has 0 aliphatic carbocycles. The van der Waals surface area contributed by atoms with E-state index in [0.717, 1.165) is 5.69 Å². The maximum atomic E-state index is 12.4. The van der Waals surface area contributed by atoms with E-state index in [-0.39, 0.29) is 11.3 Å². The highest BCUT2D eigenvalue weighted by atomic mass is 35.5. The second kappa shape index (κ2) is 6.50. The molecule has 2 N–H and O–H groups in total. The molecule has 0 atom stereocenters. The first-order chi connectivity index (χ1) is 9.94. The van der Waals surface area contributed by atoms with E-state index in [2.05, 4.69) is 35.9 Å². The average molecular weight is 323 g/mol. The smallest absolute Gasteiger partial charge is 0.253 e. The van der Waals surface area contributed by atoms with Gasteiger partial charge in [0.05, 0.1) is 5.56 Å². The molecule has 0 saturated carbocycles. The van der Waals surface area contributed by atoms with Crippen LogP contribution in [-0.4, -0.2) is 19.5 Å². The van der Waals surface area contributed by atoms with E-state index in [0.29, 0.717) is 17.1 Å². The topological polar surface area (TPSA) is 41.1 Å². The highest BCUT2D eigenvalue weighted by Gasteiger charge is 2.23. The molecular formula is C16H19ClN2OS. The van der Waals surface area contributed by atoms with Crippen LogP contribution in [0.25, 0.3) is 0 Å². The summed E-state index contributed by atoms with van der Waals surface area (Å²) >= 11 is 7.69. The van der Waals surface area contributed by atoms with Crippen LogP contribution >= 0.6 is 22.9 Å². The third-order valence-corrected chi connectivity index (χ3v) is 4.85. The van der Waals surface area contributed by atoms with Gasteiger partial charge in [0.15, 0.2) is 0 Å². The van der Waals surface area contributed by atoms with Gasteiger partial charge >= 0.3 is 0 Å². The summed E-state index contributed by atoms with van der Waals surface area (Å²) in [6.07, 6.45) is 0. The van der Waals surface area contributed by atoms with Crippen LogP contribution in [0.1, 0.15) is 29.1 Å². The molecule has 2 rings (SSSR count). The number of anilines is 1. The Kier molecular flexibility index (Phi) is 4.91. The Morgan fingerprint density at radius 1 is 1.33 bits per heavy atom. The van der Waals surface area contributed by atoms with Gasteiger partial charge in [-0.25, -0.2) is 0 Å². The van der Waals surface area contributed by atoms with Crippen molar-refractivity contribution in [1.29, 1.82) is 0 Å². The number of halogens is 1. The lowest BCUT2D eigenvalue weighted by Gasteiger charge is -2.24. The lowest BCUT2D eigenvalue weighted by Crippen LogP contribution is -2.36. The van der Waals surface area contributed by atoms with E-state index in [1.807, 2.05) is 12.1 Å². The van der Waals surface area contributed by atoms with Gasteiger partial charge in [-0.1, -0.05) is 31.5 Å². The van der Waals surface area contributed by atoms with E-state index < -0.39 is 0 Å². The molecule has 1 heterocycles. The minimum Gasteiger partial charge on any atom is -0.387 e. The van der Waals surface area contributed by atoms with Gasteiger partial charge in [0.25, 0.3) is 5.91 Å². The summed E-state index contributed by atoms with van der Waals surface area (Å²) in [7, 11) is 1.79. The van der Waals surface area contributed by atoms with Crippen molar-refractivity contribution in [2.75, 3.05) is 18.9 Å². The quantitative estimate of drug-likeness (QED) is 0.868. The summed E-state index contributed by atoms with van der Waals surface area (Å²) in [6.45, 7) is 4.81. The van der Waals surface area contributed by atoms with Gasteiger partial charge in [0.2, 0.25) is 0 Å². The normalized spacial score (nSPS) is 11.2. The minimum atomic E-state index is -0.119. The Morgan fingerprint density at radius 3 is 2.71 bits per heavy atom. The fourth-order valence-electron chi connectivity index (χ4n) is 2.07. The standard InChI is InChI=1S/C16H19ClN2OS/c1-16(2,14-5-4-8-21-14)10-19-15(20)12-9-11(17)6-7-13(12)18-3/h4-9,18H,10H2,1-3H3,(H,19,20). The molecule has 1 amide bonds. The molecule has 0 saturated heterocycles. The first-order valence-corrected chi connectivity index (χ1v) is 7.99. The zero-order valence-electron chi connectivity index (χ0n) is 12.4. The van der Waals surface area contributed by atoms with Crippen LogP contribution in [0.4, 0.5) is 5.69 Å². The maximum Gasteiger partial charge on any atom is 0.253 e. The largest absolute Gasteiger partial charge is 0.387 e. The monoisotopic (exact) mass is 322 g/mol. The van der Waals surface area contributed by atoms with Gasteiger partial charge < -0.3 is 10.6 Å². The number of hydrogen-bond acceptors (Lipinski definition) is 3. The van der Waals surface area contributed by atoms with E-state index in [1.54, 1.807) is 30.5 Å². The van der Waals surface area contributed by atoms with E-state index in [1.165, 1.54) is 4.88 Å². The fourth-order valence-corrected chi connectivity index (χ4v) is 3.09. The molecule has 0 radical (unpaired) electrons. The maximum absolute atomic E-state index is 12.4. The molecule has 3 nitrogen and oxygen atoms in total. The summed E-state index contributed by atoms with van der Waals surface area (Å²) in [6, 6.07) is 9.37. The zero-order chi connectivity index (χ0) is 15.5. The summed E-state index contributed by atoms with van der Waals surface area (Å²) in [5.41, 5.74) is 1.24. The molecule has 5 heteroatoms. The number of nitrogens with one attached hydrogen (secondary N) is 2. The van der Waals surface area contributed by atoms with Crippen molar-refractivity contribution in [1.82, 2.24) is 5.32 Å². The molecule has 0 unspecified atom stereocenters. The van der Waals surface area contributed by atoms with Crippen LogP contribution < -0.4 is 10.6 Å². The fraction of sp³-hybridized carbons (Fsp3) is 0.312. The number of thiophene rings is 1. The van der Waals surface area contributed by atoms with Crippen molar-refractivity contribution in [3.05, 3.63) is 51.2 Å². The van der Waals surface area contributed by atoms with Crippen LogP contribution in [0, 0.1) is 0 Å². The molecule has 0 fully saturated rings. The Hall–Kier alpha value is -1.52. The van der Waals surface area contributed by atoms with Gasteiger partial charge in [-0.05, 0) is 29.6 Å². The first kappa shape index (κ1) is 15.9. The Bertz CT molecular complexity index is 623. The van der Waals surface area contributed by atoms with Crippen molar-refractivity contribution in [2.24, 2.45) is 0 Å².